The SMILES string of the molecule is CC/C=C\C/C=C\C/C=C\C/C=C\C/C=C\CCCCCCCC(=O)OC(COC(=O)CCCCCCCCCCCCCCCCCCCCC/C=C\CCCCCCCCCC)COC(OCC[N+](C)(C)C)C(=O)O. The van der Waals surface area contributed by atoms with Crippen molar-refractivity contribution < 1.29 is 42.9 Å². The molecule has 0 aromatic heterocycles. The lowest BCUT2D eigenvalue weighted by Crippen LogP contribution is -2.40. The number of unbranched alkanes of at least 4 members (excludes halogenated alkanes) is 32. The first-order valence-electron chi connectivity index (χ1n) is 32.1. The summed E-state index contributed by atoms with van der Waals surface area (Å²) in [6, 6.07) is 0. The quantitative estimate of drug-likeness (QED) is 0.0211. The van der Waals surface area contributed by atoms with Crippen LogP contribution in [0.4, 0.5) is 0 Å². The fraction of sp³-hybridized carbons (Fsp3) is 0.779. The number of carboxylic acids is 1. The van der Waals surface area contributed by atoms with E-state index in [1.54, 1.807) is 0 Å². The molecule has 0 aromatic rings. The number of likely N-dealkylation sites (N-methyl/N-ethyl adjacent to an activating group) is 1. The minimum absolute atomic E-state index is 0.181. The third-order valence-electron chi connectivity index (χ3n) is 13.9. The zero-order valence-corrected chi connectivity index (χ0v) is 50.9. The van der Waals surface area contributed by atoms with Crippen LogP contribution in [-0.2, 0) is 33.3 Å². The Kier molecular flexibility index (Phi) is 56.4. The second-order valence-electron chi connectivity index (χ2n) is 22.7. The minimum Gasteiger partial charge on any atom is -0.477 e. The van der Waals surface area contributed by atoms with Crippen molar-refractivity contribution in [3.63, 3.8) is 0 Å². The lowest BCUT2D eigenvalue weighted by molar-refractivity contribution is -0.870. The van der Waals surface area contributed by atoms with E-state index in [2.05, 4.69) is 86.8 Å². The number of allylic oxidation sites excluding steroid dienone is 12. The number of esters is 2. The normalized spacial score (nSPS) is 13.2. The highest BCUT2D eigenvalue weighted by Gasteiger charge is 2.25. The molecule has 0 fully saturated rings. The number of hydrogen-bond donors (Lipinski definition) is 1. The van der Waals surface area contributed by atoms with Gasteiger partial charge in [-0.1, -0.05) is 260 Å². The smallest absolute Gasteiger partial charge is 0.361 e. The van der Waals surface area contributed by atoms with E-state index in [4.69, 9.17) is 18.9 Å². The van der Waals surface area contributed by atoms with Crippen molar-refractivity contribution in [1.82, 2.24) is 0 Å². The Labute approximate surface area is 475 Å². The highest BCUT2D eigenvalue weighted by Crippen LogP contribution is 2.17. The van der Waals surface area contributed by atoms with Crippen LogP contribution >= 0.6 is 0 Å². The highest BCUT2D eigenvalue weighted by atomic mass is 16.7. The number of carbonyl (C=O) groups excluding carboxylic acids is 2. The fourth-order valence-corrected chi connectivity index (χ4v) is 9.04. The largest absolute Gasteiger partial charge is 0.477 e. The van der Waals surface area contributed by atoms with E-state index in [9.17, 15) is 19.5 Å². The van der Waals surface area contributed by atoms with E-state index in [1.165, 1.54) is 167 Å². The van der Waals surface area contributed by atoms with Crippen molar-refractivity contribution in [2.45, 2.75) is 296 Å². The summed E-state index contributed by atoms with van der Waals surface area (Å²) in [5.41, 5.74) is 0. The van der Waals surface area contributed by atoms with Crippen LogP contribution in [0.2, 0.25) is 0 Å². The van der Waals surface area contributed by atoms with Crippen molar-refractivity contribution in [2.75, 3.05) is 47.5 Å². The van der Waals surface area contributed by atoms with Crippen LogP contribution in [-0.4, -0.2) is 87.4 Å². The zero-order chi connectivity index (χ0) is 56.2. The molecule has 0 aliphatic rings. The molecule has 0 amide bonds. The van der Waals surface area contributed by atoms with Crippen molar-refractivity contribution >= 4 is 17.9 Å². The fourth-order valence-electron chi connectivity index (χ4n) is 9.04. The molecule has 0 bridgehead atoms. The maximum atomic E-state index is 12.9. The van der Waals surface area contributed by atoms with Gasteiger partial charge in [0.05, 0.1) is 34.4 Å². The average molecular weight is 1080 g/mol. The maximum absolute atomic E-state index is 12.9. The molecule has 9 heteroatoms. The van der Waals surface area contributed by atoms with Crippen LogP contribution in [0.15, 0.2) is 72.9 Å². The van der Waals surface area contributed by atoms with E-state index < -0.39 is 24.3 Å². The molecule has 2 atom stereocenters. The van der Waals surface area contributed by atoms with Gasteiger partial charge in [0.2, 0.25) is 0 Å². The van der Waals surface area contributed by atoms with E-state index in [0.717, 1.165) is 83.5 Å². The molecule has 446 valence electrons. The van der Waals surface area contributed by atoms with Crippen molar-refractivity contribution in [1.29, 1.82) is 0 Å². The number of nitrogens with zero attached hydrogens (tertiary/aromatic N) is 1. The molecule has 0 saturated heterocycles. The Hall–Kier alpha value is -3.27. The topological polar surface area (TPSA) is 108 Å². The minimum atomic E-state index is -1.52. The summed E-state index contributed by atoms with van der Waals surface area (Å²) < 4.78 is 22.9. The molecule has 0 aliphatic heterocycles. The second kappa shape index (κ2) is 58.9. The van der Waals surface area contributed by atoms with Gasteiger partial charge in [0.25, 0.3) is 6.29 Å². The van der Waals surface area contributed by atoms with Gasteiger partial charge >= 0.3 is 17.9 Å². The number of aliphatic carboxylic acids is 1. The zero-order valence-electron chi connectivity index (χ0n) is 50.9. The molecule has 77 heavy (non-hydrogen) atoms. The van der Waals surface area contributed by atoms with Crippen LogP contribution in [0, 0.1) is 0 Å². The molecule has 0 aliphatic carbocycles. The number of carboxylic acid groups (broad SMARTS) is 1. The van der Waals surface area contributed by atoms with Gasteiger partial charge in [-0.3, -0.25) is 9.59 Å². The summed E-state index contributed by atoms with van der Waals surface area (Å²) in [5.74, 6) is -2.02. The number of rotatable bonds is 59. The molecular weight excluding hydrogens is 959 g/mol. The number of quaternary nitrogens is 1. The average Bonchev–Trinajstić information content (AvgIpc) is 3.40. The van der Waals surface area contributed by atoms with Gasteiger partial charge < -0.3 is 28.5 Å². The molecule has 0 saturated carbocycles. The van der Waals surface area contributed by atoms with Crippen LogP contribution in [0.25, 0.3) is 0 Å². The van der Waals surface area contributed by atoms with Gasteiger partial charge in [-0.15, -0.1) is 0 Å². The standard InChI is InChI=1S/C68H121NO8/c1-6-8-10-12-14-16-18-20-22-24-26-28-29-30-31-32-33-34-35-36-37-39-40-42-44-46-48-50-52-54-56-58-65(70)75-62-64(63-76-68(67(72)73)74-61-60-69(3,4)5)77-66(71)59-57-55-53-51-49-47-45-43-41-38-27-25-23-21-19-17-15-13-11-9-7-2/h9,11,15,17,21,23-24,26-27,38,43,45,64,68H,6-8,10,12-14,16,18-20,22,25,28-37,39-42,44,46-63H2,1-5H3/p+1/b11-9-,17-15-,23-21-,26-24-,38-27-,45-43-. The third kappa shape index (κ3) is 60.2. The Bertz CT molecular complexity index is 1490. The number of carbonyl (C=O) groups is 3. The summed E-state index contributed by atoms with van der Waals surface area (Å²) >= 11 is 0. The van der Waals surface area contributed by atoms with Crippen LogP contribution < -0.4 is 0 Å². The second-order valence-corrected chi connectivity index (χ2v) is 22.7. The van der Waals surface area contributed by atoms with E-state index in [-0.39, 0.29) is 32.2 Å². The highest BCUT2D eigenvalue weighted by molar-refractivity contribution is 5.71. The first kappa shape index (κ1) is 73.7. The van der Waals surface area contributed by atoms with Gasteiger partial charge in [0.15, 0.2) is 6.10 Å². The summed E-state index contributed by atoms with van der Waals surface area (Å²) in [6.07, 6.45) is 74.3. The first-order chi connectivity index (χ1) is 37.6. The lowest BCUT2D eigenvalue weighted by atomic mass is 10.0. The predicted octanol–water partition coefficient (Wildman–Crippen LogP) is 19.4. The Balaban J connectivity index is 4.14. The summed E-state index contributed by atoms with van der Waals surface area (Å²) in [5, 5.41) is 9.72. The van der Waals surface area contributed by atoms with Gasteiger partial charge in [-0.2, -0.15) is 0 Å². The van der Waals surface area contributed by atoms with E-state index in [1.807, 2.05) is 21.1 Å². The molecule has 9 nitrogen and oxygen atoms in total. The molecule has 2 unspecified atom stereocenters. The monoisotopic (exact) mass is 1080 g/mol. The van der Waals surface area contributed by atoms with Gasteiger partial charge in [0.1, 0.15) is 13.2 Å². The van der Waals surface area contributed by atoms with Gasteiger partial charge in [-0.25, -0.2) is 4.79 Å². The molecule has 0 aromatic carbocycles. The third-order valence-corrected chi connectivity index (χ3v) is 13.9. The van der Waals surface area contributed by atoms with Gasteiger partial charge in [0, 0.05) is 12.8 Å². The Morgan fingerprint density at radius 3 is 1.12 bits per heavy atom. The van der Waals surface area contributed by atoms with Crippen LogP contribution in [0.1, 0.15) is 284 Å². The Morgan fingerprint density at radius 1 is 0.403 bits per heavy atom. The summed E-state index contributed by atoms with van der Waals surface area (Å²) in [6.45, 7) is 4.77. The van der Waals surface area contributed by atoms with Crippen molar-refractivity contribution in [2.24, 2.45) is 0 Å². The molecule has 0 spiro atoms. The number of ether oxygens (including phenoxy) is 4. The molecule has 0 radical (unpaired) electrons. The first-order valence-corrected chi connectivity index (χ1v) is 32.1. The van der Waals surface area contributed by atoms with Gasteiger partial charge in [-0.05, 0) is 83.5 Å². The van der Waals surface area contributed by atoms with Crippen molar-refractivity contribution in [3.8, 4) is 0 Å². The number of hydrogen-bond acceptors (Lipinski definition) is 7. The molecule has 0 rings (SSSR count). The lowest BCUT2D eigenvalue weighted by Gasteiger charge is -2.25. The maximum Gasteiger partial charge on any atom is 0.361 e. The summed E-state index contributed by atoms with van der Waals surface area (Å²) in [7, 11) is 5.96. The van der Waals surface area contributed by atoms with Crippen molar-refractivity contribution in [3.05, 3.63) is 72.9 Å². The molecule has 0 heterocycles. The molecular formula is C68H122NO8+. The van der Waals surface area contributed by atoms with E-state index in [0.29, 0.717) is 23.9 Å². The molecule has 1 N–H and O–H groups in total. The predicted molar refractivity (Wildman–Crippen MR) is 327 cm³/mol. The van der Waals surface area contributed by atoms with Crippen LogP contribution in [0.5, 0.6) is 0 Å². The van der Waals surface area contributed by atoms with E-state index >= 15 is 0 Å². The Morgan fingerprint density at radius 2 is 0.740 bits per heavy atom. The van der Waals surface area contributed by atoms with Crippen LogP contribution in [0.3, 0.4) is 0 Å². The summed E-state index contributed by atoms with van der Waals surface area (Å²) in [4.78, 5) is 37.5.